The van der Waals surface area contributed by atoms with Crippen molar-refractivity contribution in [3.63, 3.8) is 0 Å². The van der Waals surface area contributed by atoms with E-state index in [4.69, 9.17) is 13.9 Å². The average molecular weight is 513 g/mol. The summed E-state index contributed by atoms with van der Waals surface area (Å²) in [7, 11) is 0. The Balaban J connectivity index is 1.22. The number of hydrogen-bond donors (Lipinski definition) is 1. The van der Waals surface area contributed by atoms with Crippen LogP contribution < -0.4 is 15.0 Å². The molecule has 7 nitrogen and oxygen atoms in total. The fraction of sp³-hybridized carbons (Fsp3) is 0.583. The predicted molar refractivity (Wildman–Crippen MR) is 116 cm³/mol. The van der Waals surface area contributed by atoms with Gasteiger partial charge < -0.3 is 24.1 Å². The van der Waals surface area contributed by atoms with Gasteiger partial charge in [-0.3, -0.25) is 4.79 Å². The summed E-state index contributed by atoms with van der Waals surface area (Å²) in [6, 6.07) is 1.54. The second kappa shape index (κ2) is 8.60. The van der Waals surface area contributed by atoms with Gasteiger partial charge in [0.15, 0.2) is 23.1 Å². The van der Waals surface area contributed by atoms with E-state index in [0.717, 1.165) is 37.8 Å². The summed E-state index contributed by atoms with van der Waals surface area (Å²) in [6.45, 7) is 1.44. The van der Waals surface area contributed by atoms with Gasteiger partial charge in [0, 0.05) is 30.3 Å². The van der Waals surface area contributed by atoms with Crippen molar-refractivity contribution in [2.45, 2.75) is 50.4 Å². The Bertz CT molecular complexity index is 1150. The number of fused-ring (bicyclic) bond motifs is 2. The quantitative estimate of drug-likeness (QED) is 0.564. The lowest BCUT2D eigenvalue weighted by molar-refractivity contribution is -0.130. The zero-order valence-corrected chi connectivity index (χ0v) is 19.1. The van der Waals surface area contributed by atoms with Crippen LogP contribution in [0, 0.1) is 29.4 Å². The molecule has 1 N–H and O–H groups in total. The van der Waals surface area contributed by atoms with Crippen molar-refractivity contribution in [2.24, 2.45) is 17.8 Å². The summed E-state index contributed by atoms with van der Waals surface area (Å²) in [5.74, 6) is -2.94. The molecule has 4 fully saturated rings. The zero-order valence-electron chi connectivity index (χ0n) is 19.1. The van der Waals surface area contributed by atoms with E-state index < -0.39 is 47.3 Å². The van der Waals surface area contributed by atoms with Crippen LogP contribution in [-0.4, -0.2) is 49.0 Å². The molecule has 36 heavy (non-hydrogen) atoms. The lowest BCUT2D eigenvalue weighted by Crippen LogP contribution is -2.33. The van der Waals surface area contributed by atoms with E-state index in [-0.39, 0.29) is 29.8 Å². The van der Waals surface area contributed by atoms with E-state index in [1.807, 2.05) is 0 Å². The highest BCUT2D eigenvalue weighted by atomic mass is 19.4. The molecular formula is C24H24F5N3O4. The van der Waals surface area contributed by atoms with Gasteiger partial charge in [0.2, 0.25) is 0 Å². The molecule has 2 aliphatic carbocycles. The number of carbonyl (C=O) groups is 1. The van der Waals surface area contributed by atoms with Crippen molar-refractivity contribution < 1.29 is 40.6 Å². The molecule has 1 aromatic heterocycles. The number of carbonyl (C=O) groups excluding carboxylic acids is 1. The molecule has 1 aromatic carbocycles. The first-order chi connectivity index (χ1) is 17.1. The van der Waals surface area contributed by atoms with Crippen LogP contribution in [0.3, 0.4) is 0 Å². The minimum absolute atomic E-state index is 0.0974. The Morgan fingerprint density at radius 1 is 1.11 bits per heavy atom. The van der Waals surface area contributed by atoms with Gasteiger partial charge in [0.05, 0.1) is 25.4 Å². The molecule has 1 amide bonds. The third-order valence-corrected chi connectivity index (χ3v) is 7.55. The average Bonchev–Trinajstić information content (AvgIpc) is 3.24. The van der Waals surface area contributed by atoms with Gasteiger partial charge in [-0.1, -0.05) is 0 Å². The number of alkyl halides is 3. The maximum Gasteiger partial charge on any atom is 0.396 e. The first-order valence-corrected chi connectivity index (χ1v) is 12.0. The molecule has 2 aromatic rings. The fourth-order valence-corrected chi connectivity index (χ4v) is 5.71. The smallest absolute Gasteiger partial charge is 0.396 e. The van der Waals surface area contributed by atoms with Gasteiger partial charge in [-0.05, 0) is 37.5 Å². The molecule has 2 aliphatic heterocycles. The lowest BCUT2D eigenvalue weighted by atomic mass is 10.1. The number of ether oxygens (including phenoxy) is 2. The Morgan fingerprint density at radius 3 is 2.53 bits per heavy atom. The number of amides is 1. The number of anilines is 2. The van der Waals surface area contributed by atoms with Crippen molar-refractivity contribution >= 4 is 17.6 Å². The van der Waals surface area contributed by atoms with Crippen LogP contribution in [0.4, 0.5) is 33.7 Å². The topological polar surface area (TPSA) is 76.8 Å². The summed E-state index contributed by atoms with van der Waals surface area (Å²) in [5.41, 5.74) is -0.861. The monoisotopic (exact) mass is 513 g/mol. The molecule has 5 atom stereocenters. The lowest BCUT2D eigenvalue weighted by Gasteiger charge is -2.20. The standard InChI is InChI=1S/C24H24F5N3O4/c25-16-6-14(7-17(26)21(16)35-15-4-12-3-13(12)5-15)30-22(33)20-19(8-24(27,28)29)36-23(31-20)32-2-1-11-9-34-10-18(11)32/h6-7,11-13,15,18H,1-5,8-10H2,(H,30,33)/t11?,12-,13?,15?,18?/m0/s1. The summed E-state index contributed by atoms with van der Waals surface area (Å²) < 4.78 is 85.2. The van der Waals surface area contributed by atoms with Crippen LogP contribution in [0.5, 0.6) is 5.75 Å². The normalized spacial score (nSPS) is 28.8. The Kier molecular flexibility index (Phi) is 5.62. The van der Waals surface area contributed by atoms with Crippen LogP contribution in [0.2, 0.25) is 0 Å². The maximum absolute atomic E-state index is 14.6. The van der Waals surface area contributed by atoms with Crippen LogP contribution >= 0.6 is 0 Å². The molecule has 194 valence electrons. The molecule has 3 heterocycles. The van der Waals surface area contributed by atoms with Crippen LogP contribution in [0.25, 0.3) is 0 Å². The van der Waals surface area contributed by atoms with Gasteiger partial charge >= 0.3 is 6.18 Å². The maximum atomic E-state index is 14.6. The number of benzene rings is 1. The van der Waals surface area contributed by atoms with Crippen molar-refractivity contribution in [2.75, 3.05) is 30.0 Å². The van der Waals surface area contributed by atoms with E-state index in [2.05, 4.69) is 10.3 Å². The molecule has 4 unspecified atom stereocenters. The van der Waals surface area contributed by atoms with Crippen LogP contribution in [-0.2, 0) is 11.2 Å². The zero-order chi connectivity index (χ0) is 25.2. The number of aromatic nitrogens is 1. The summed E-state index contributed by atoms with van der Waals surface area (Å²) >= 11 is 0. The highest BCUT2D eigenvalue weighted by Gasteiger charge is 2.47. The third-order valence-electron chi connectivity index (χ3n) is 7.55. The summed E-state index contributed by atoms with van der Waals surface area (Å²) in [6.07, 6.45) is -3.03. The highest BCUT2D eigenvalue weighted by molar-refractivity contribution is 6.03. The van der Waals surface area contributed by atoms with E-state index >= 15 is 0 Å². The molecule has 0 spiro atoms. The van der Waals surface area contributed by atoms with Crippen molar-refractivity contribution in [3.8, 4) is 5.75 Å². The van der Waals surface area contributed by atoms with Crippen molar-refractivity contribution in [3.05, 3.63) is 35.2 Å². The van der Waals surface area contributed by atoms with Crippen molar-refractivity contribution in [1.82, 2.24) is 4.98 Å². The number of halogens is 5. The molecule has 0 radical (unpaired) electrons. The summed E-state index contributed by atoms with van der Waals surface area (Å²) in [5, 5.41) is 2.24. The molecule has 4 aliphatic rings. The van der Waals surface area contributed by atoms with Gasteiger partial charge in [-0.25, -0.2) is 8.78 Å². The highest BCUT2D eigenvalue weighted by Crippen LogP contribution is 2.52. The second-order valence-electron chi connectivity index (χ2n) is 10.1. The minimum atomic E-state index is -4.66. The van der Waals surface area contributed by atoms with Gasteiger partial charge in [0.25, 0.3) is 11.9 Å². The Morgan fingerprint density at radius 2 is 1.83 bits per heavy atom. The van der Waals surface area contributed by atoms with E-state index in [0.29, 0.717) is 31.6 Å². The molecular weight excluding hydrogens is 489 g/mol. The molecule has 0 bridgehead atoms. The number of oxazole rings is 1. The van der Waals surface area contributed by atoms with Crippen LogP contribution in [0.15, 0.2) is 16.5 Å². The largest absolute Gasteiger partial charge is 0.484 e. The first-order valence-electron chi connectivity index (χ1n) is 12.0. The fourth-order valence-electron chi connectivity index (χ4n) is 5.71. The van der Waals surface area contributed by atoms with Gasteiger partial charge in [0.1, 0.15) is 12.2 Å². The molecule has 6 rings (SSSR count). The minimum Gasteiger partial charge on any atom is -0.484 e. The second-order valence-corrected chi connectivity index (χ2v) is 10.1. The number of rotatable bonds is 6. The van der Waals surface area contributed by atoms with Crippen molar-refractivity contribution in [1.29, 1.82) is 0 Å². The predicted octanol–water partition coefficient (Wildman–Crippen LogP) is 4.71. The number of nitrogens with zero attached hydrogens (tertiary/aromatic N) is 2. The SMILES string of the molecule is O=C(Nc1cc(F)c(OC2CC3C[C@H]3C2)c(F)c1)c1nc(N2CCC3COCC32)oc1CC(F)(F)F. The van der Waals surface area contributed by atoms with E-state index in [9.17, 15) is 26.7 Å². The Hall–Kier alpha value is -2.89. The molecule has 2 saturated heterocycles. The molecule has 12 heteroatoms. The Labute approximate surface area is 202 Å². The van der Waals surface area contributed by atoms with Gasteiger partial charge in [-0.2, -0.15) is 18.2 Å². The molecule has 2 saturated carbocycles. The van der Waals surface area contributed by atoms with Gasteiger partial charge in [-0.15, -0.1) is 0 Å². The van der Waals surface area contributed by atoms with E-state index in [1.165, 1.54) is 0 Å². The number of nitrogens with one attached hydrogen (secondary N) is 1. The third kappa shape index (κ3) is 4.51. The van der Waals surface area contributed by atoms with E-state index in [1.54, 1.807) is 4.90 Å². The van der Waals surface area contributed by atoms with Crippen LogP contribution in [0.1, 0.15) is 41.9 Å². The first kappa shape index (κ1) is 23.5. The number of hydrogen-bond acceptors (Lipinski definition) is 6. The summed E-state index contributed by atoms with van der Waals surface area (Å²) in [4.78, 5) is 18.6.